The molecule has 0 bridgehead atoms. The lowest BCUT2D eigenvalue weighted by molar-refractivity contribution is 0.274. The highest BCUT2D eigenvalue weighted by Gasteiger charge is 2.27. The summed E-state index contributed by atoms with van der Waals surface area (Å²) in [5, 5.41) is 0. The summed E-state index contributed by atoms with van der Waals surface area (Å²) in [6, 6.07) is 26.7. The van der Waals surface area contributed by atoms with Crippen molar-refractivity contribution in [1.82, 2.24) is 10.9 Å². The molecule has 4 rings (SSSR count). The standard InChI is InChI=1S/C25H29N3O2/c26-22-13-5-7-15-25(22)30-18-20-17-23(28-27-20)21-12-4-6-14-24(21)29-16-8-11-19-9-2-1-3-10-19/h1-7,9-10,12-15,20,23,27-28H,8,11,16-18,26H2. The van der Waals surface area contributed by atoms with Crippen LogP contribution in [0.4, 0.5) is 5.69 Å². The number of para-hydroxylation sites is 3. The number of ether oxygens (including phenoxy) is 2. The number of rotatable bonds is 9. The number of hydrazine groups is 1. The first-order valence-electron chi connectivity index (χ1n) is 10.5. The minimum atomic E-state index is 0.178. The molecule has 0 amide bonds. The third-order valence-corrected chi connectivity index (χ3v) is 5.35. The Bertz CT molecular complexity index is 932. The number of nitrogen functional groups attached to an aromatic ring is 1. The quantitative estimate of drug-likeness (QED) is 0.368. The molecule has 30 heavy (non-hydrogen) atoms. The van der Waals surface area contributed by atoms with Crippen molar-refractivity contribution in [3.05, 3.63) is 90.0 Å². The lowest BCUT2D eigenvalue weighted by atomic mass is 10.0. The molecule has 0 aliphatic carbocycles. The van der Waals surface area contributed by atoms with Gasteiger partial charge in [-0.3, -0.25) is 5.43 Å². The Morgan fingerprint density at radius 3 is 2.37 bits per heavy atom. The topological polar surface area (TPSA) is 68.5 Å². The third-order valence-electron chi connectivity index (χ3n) is 5.35. The number of nitrogens with two attached hydrogens (primary N) is 1. The molecule has 2 atom stereocenters. The number of aryl methyl sites for hydroxylation is 1. The van der Waals surface area contributed by atoms with Gasteiger partial charge in [-0.25, -0.2) is 5.43 Å². The van der Waals surface area contributed by atoms with Crippen LogP contribution in [0.3, 0.4) is 0 Å². The Labute approximate surface area is 178 Å². The smallest absolute Gasteiger partial charge is 0.142 e. The molecule has 1 heterocycles. The highest BCUT2D eigenvalue weighted by atomic mass is 16.5. The zero-order valence-electron chi connectivity index (χ0n) is 17.1. The number of nitrogens with one attached hydrogen (secondary N) is 2. The van der Waals surface area contributed by atoms with Gasteiger partial charge in [0, 0.05) is 5.56 Å². The second kappa shape index (κ2) is 10.1. The molecule has 4 N–H and O–H groups in total. The van der Waals surface area contributed by atoms with Crippen LogP contribution in [-0.2, 0) is 6.42 Å². The van der Waals surface area contributed by atoms with E-state index in [-0.39, 0.29) is 12.1 Å². The predicted octanol–water partition coefficient (Wildman–Crippen LogP) is 4.27. The molecule has 0 saturated carbocycles. The molecule has 1 saturated heterocycles. The van der Waals surface area contributed by atoms with Crippen molar-refractivity contribution in [3.8, 4) is 11.5 Å². The average Bonchev–Trinajstić information content (AvgIpc) is 3.26. The first kappa shape index (κ1) is 20.3. The van der Waals surface area contributed by atoms with Gasteiger partial charge in [0.15, 0.2) is 0 Å². The Balaban J connectivity index is 1.28. The van der Waals surface area contributed by atoms with Gasteiger partial charge in [0.05, 0.1) is 24.4 Å². The number of hydrogen-bond acceptors (Lipinski definition) is 5. The van der Waals surface area contributed by atoms with Gasteiger partial charge in [0.1, 0.15) is 18.1 Å². The van der Waals surface area contributed by atoms with Gasteiger partial charge in [-0.15, -0.1) is 0 Å². The third kappa shape index (κ3) is 5.32. The number of anilines is 1. The van der Waals surface area contributed by atoms with Crippen LogP contribution in [0, 0.1) is 0 Å². The summed E-state index contributed by atoms with van der Waals surface area (Å²) in [7, 11) is 0. The maximum absolute atomic E-state index is 6.14. The van der Waals surface area contributed by atoms with E-state index in [2.05, 4.69) is 47.2 Å². The van der Waals surface area contributed by atoms with E-state index in [1.807, 2.05) is 42.5 Å². The Kier molecular flexibility index (Phi) is 6.85. The van der Waals surface area contributed by atoms with Crippen LogP contribution in [0.1, 0.15) is 30.0 Å². The van der Waals surface area contributed by atoms with Gasteiger partial charge in [-0.05, 0) is 43.0 Å². The molecular weight excluding hydrogens is 374 g/mol. The van der Waals surface area contributed by atoms with Crippen LogP contribution < -0.4 is 26.1 Å². The van der Waals surface area contributed by atoms with Crippen LogP contribution in [0.15, 0.2) is 78.9 Å². The van der Waals surface area contributed by atoms with E-state index < -0.39 is 0 Å². The van der Waals surface area contributed by atoms with Gasteiger partial charge in [0.2, 0.25) is 0 Å². The fourth-order valence-electron chi connectivity index (χ4n) is 3.74. The fraction of sp³-hybridized carbons (Fsp3) is 0.280. The number of benzene rings is 3. The first-order valence-corrected chi connectivity index (χ1v) is 10.5. The second-order valence-electron chi connectivity index (χ2n) is 7.60. The molecular formula is C25H29N3O2. The summed E-state index contributed by atoms with van der Waals surface area (Å²) >= 11 is 0. The van der Waals surface area contributed by atoms with Crippen LogP contribution >= 0.6 is 0 Å². The second-order valence-corrected chi connectivity index (χ2v) is 7.60. The number of hydrogen-bond donors (Lipinski definition) is 3. The molecule has 5 heteroatoms. The van der Waals surface area contributed by atoms with E-state index in [9.17, 15) is 0 Å². The predicted molar refractivity (Wildman–Crippen MR) is 120 cm³/mol. The Morgan fingerprint density at radius 1 is 0.800 bits per heavy atom. The van der Waals surface area contributed by atoms with Crippen molar-refractivity contribution in [3.63, 3.8) is 0 Å². The molecule has 0 radical (unpaired) electrons. The summed E-state index contributed by atoms with van der Waals surface area (Å²) in [6.07, 6.45) is 2.93. The largest absolute Gasteiger partial charge is 0.493 e. The van der Waals surface area contributed by atoms with Gasteiger partial charge in [-0.1, -0.05) is 60.7 Å². The van der Waals surface area contributed by atoms with Crippen LogP contribution in [-0.4, -0.2) is 19.3 Å². The van der Waals surface area contributed by atoms with Crippen LogP contribution in [0.25, 0.3) is 0 Å². The van der Waals surface area contributed by atoms with Crippen molar-refractivity contribution in [2.75, 3.05) is 18.9 Å². The van der Waals surface area contributed by atoms with Crippen molar-refractivity contribution in [2.24, 2.45) is 0 Å². The highest BCUT2D eigenvalue weighted by Crippen LogP contribution is 2.31. The average molecular weight is 404 g/mol. The molecule has 1 fully saturated rings. The van der Waals surface area contributed by atoms with Crippen molar-refractivity contribution in [1.29, 1.82) is 0 Å². The molecule has 156 valence electrons. The zero-order chi connectivity index (χ0) is 20.6. The molecule has 1 aliphatic rings. The van der Waals surface area contributed by atoms with Gasteiger partial charge < -0.3 is 15.2 Å². The molecule has 3 aromatic rings. The zero-order valence-corrected chi connectivity index (χ0v) is 17.1. The summed E-state index contributed by atoms with van der Waals surface area (Å²) in [6.45, 7) is 1.25. The van der Waals surface area contributed by atoms with E-state index in [0.717, 1.165) is 30.8 Å². The lowest BCUT2D eigenvalue weighted by Gasteiger charge is -2.16. The van der Waals surface area contributed by atoms with E-state index in [4.69, 9.17) is 15.2 Å². The summed E-state index contributed by atoms with van der Waals surface area (Å²) in [5.41, 5.74) is 15.9. The normalized spacial score (nSPS) is 18.3. The Hall–Kier alpha value is -3.02. The highest BCUT2D eigenvalue weighted by molar-refractivity contribution is 5.51. The van der Waals surface area contributed by atoms with Crippen molar-refractivity contribution in [2.45, 2.75) is 31.3 Å². The van der Waals surface area contributed by atoms with Crippen LogP contribution in [0.5, 0.6) is 11.5 Å². The van der Waals surface area contributed by atoms with E-state index in [1.54, 1.807) is 0 Å². The Morgan fingerprint density at radius 2 is 1.53 bits per heavy atom. The molecule has 2 unspecified atom stereocenters. The van der Waals surface area contributed by atoms with Gasteiger partial charge in [-0.2, -0.15) is 0 Å². The summed E-state index contributed by atoms with van der Waals surface area (Å²) in [4.78, 5) is 0. The van der Waals surface area contributed by atoms with E-state index >= 15 is 0 Å². The van der Waals surface area contributed by atoms with Crippen molar-refractivity contribution >= 4 is 5.69 Å². The van der Waals surface area contributed by atoms with Gasteiger partial charge >= 0.3 is 0 Å². The SMILES string of the molecule is Nc1ccccc1OCC1CC(c2ccccc2OCCCc2ccccc2)NN1. The van der Waals surface area contributed by atoms with E-state index in [0.29, 0.717) is 18.9 Å². The van der Waals surface area contributed by atoms with Crippen molar-refractivity contribution < 1.29 is 9.47 Å². The summed E-state index contributed by atoms with van der Waals surface area (Å²) < 4.78 is 12.0. The molecule has 0 aromatic heterocycles. The lowest BCUT2D eigenvalue weighted by Crippen LogP contribution is -2.34. The van der Waals surface area contributed by atoms with Crippen LogP contribution in [0.2, 0.25) is 0 Å². The maximum atomic E-state index is 6.14. The van der Waals surface area contributed by atoms with E-state index in [1.165, 1.54) is 11.1 Å². The maximum Gasteiger partial charge on any atom is 0.142 e. The van der Waals surface area contributed by atoms with Gasteiger partial charge in [0.25, 0.3) is 0 Å². The fourth-order valence-corrected chi connectivity index (χ4v) is 3.74. The molecule has 1 aliphatic heterocycles. The minimum Gasteiger partial charge on any atom is -0.493 e. The molecule has 5 nitrogen and oxygen atoms in total. The summed E-state index contributed by atoms with van der Waals surface area (Å²) in [5.74, 6) is 1.67. The molecule has 3 aromatic carbocycles. The monoisotopic (exact) mass is 403 g/mol. The first-order chi connectivity index (χ1) is 14.8. The minimum absolute atomic E-state index is 0.178. The molecule has 0 spiro atoms.